The Morgan fingerprint density at radius 3 is 2.96 bits per heavy atom. The molecule has 2 aliphatic rings. The van der Waals surface area contributed by atoms with Crippen LogP contribution in [-0.4, -0.2) is 32.3 Å². The molecule has 1 amide bonds. The maximum Gasteiger partial charge on any atom is 0.250 e. The van der Waals surface area contributed by atoms with Gasteiger partial charge < -0.3 is 19.5 Å². The number of hydrogen-bond acceptors (Lipinski definition) is 4. The molecule has 1 atom stereocenters. The van der Waals surface area contributed by atoms with Crippen LogP contribution >= 0.6 is 0 Å². The van der Waals surface area contributed by atoms with Gasteiger partial charge in [-0.3, -0.25) is 4.79 Å². The summed E-state index contributed by atoms with van der Waals surface area (Å²) in [4.78, 5) is 12.6. The van der Waals surface area contributed by atoms with Crippen LogP contribution in [0.5, 0.6) is 17.2 Å². The van der Waals surface area contributed by atoms with Crippen LogP contribution in [-0.2, 0) is 11.2 Å². The van der Waals surface area contributed by atoms with E-state index in [1.165, 1.54) is 5.56 Å². The molecule has 0 saturated carbocycles. The van der Waals surface area contributed by atoms with Gasteiger partial charge in [0.25, 0.3) is 5.91 Å². The molecule has 0 spiro atoms. The van der Waals surface area contributed by atoms with Gasteiger partial charge in [0.15, 0.2) is 11.5 Å². The molecule has 2 aliphatic heterocycles. The summed E-state index contributed by atoms with van der Waals surface area (Å²) < 4.78 is 17.2. The summed E-state index contributed by atoms with van der Waals surface area (Å²) in [6, 6.07) is 13.8. The number of para-hydroxylation sites is 2. The van der Waals surface area contributed by atoms with Crippen LogP contribution in [0.4, 0.5) is 0 Å². The van der Waals surface area contributed by atoms with E-state index in [9.17, 15) is 4.79 Å². The molecule has 0 saturated heterocycles. The van der Waals surface area contributed by atoms with Crippen molar-refractivity contribution in [1.82, 2.24) is 5.32 Å². The van der Waals surface area contributed by atoms with Gasteiger partial charge in [0.2, 0.25) is 0 Å². The van der Waals surface area contributed by atoms with Gasteiger partial charge in [0, 0.05) is 18.0 Å². The fourth-order valence-electron chi connectivity index (χ4n) is 3.45. The third-order valence-corrected chi connectivity index (χ3v) is 4.81. The average molecular weight is 365 g/mol. The maximum atomic E-state index is 12.6. The summed E-state index contributed by atoms with van der Waals surface area (Å²) in [5.41, 5.74) is 2.68. The minimum Gasteiger partial charge on any atom is -0.493 e. The molecule has 5 nitrogen and oxygen atoms in total. The fraction of sp³-hybridized carbons (Fsp3) is 0.318. The Balaban J connectivity index is 1.39. The van der Waals surface area contributed by atoms with Crippen molar-refractivity contribution < 1.29 is 19.0 Å². The van der Waals surface area contributed by atoms with Crippen molar-refractivity contribution in [3.8, 4) is 17.2 Å². The largest absolute Gasteiger partial charge is 0.493 e. The highest BCUT2D eigenvalue weighted by atomic mass is 16.5. The third kappa shape index (κ3) is 3.77. The van der Waals surface area contributed by atoms with Gasteiger partial charge in [-0.2, -0.15) is 0 Å². The summed E-state index contributed by atoms with van der Waals surface area (Å²) >= 11 is 0. The smallest absolute Gasteiger partial charge is 0.250 e. The predicted octanol–water partition coefficient (Wildman–Crippen LogP) is 3.23. The molecule has 1 N–H and O–H groups in total. The van der Waals surface area contributed by atoms with Crippen molar-refractivity contribution in [3.63, 3.8) is 0 Å². The summed E-state index contributed by atoms with van der Waals surface area (Å²) in [5.74, 6) is 2.54. The Hall–Kier alpha value is -2.95. The van der Waals surface area contributed by atoms with E-state index in [-0.39, 0.29) is 18.4 Å². The molecule has 140 valence electrons. The molecule has 4 rings (SSSR count). The van der Waals surface area contributed by atoms with Crippen LogP contribution in [0.1, 0.15) is 18.1 Å². The number of benzene rings is 2. The number of nitrogens with one attached hydrogen (secondary N) is 1. The fourth-order valence-corrected chi connectivity index (χ4v) is 3.45. The second-order valence-electron chi connectivity index (χ2n) is 6.76. The van der Waals surface area contributed by atoms with Crippen LogP contribution in [0.15, 0.2) is 48.0 Å². The Morgan fingerprint density at radius 2 is 2.07 bits per heavy atom. The van der Waals surface area contributed by atoms with Crippen molar-refractivity contribution >= 4 is 12.0 Å². The first-order valence-electron chi connectivity index (χ1n) is 9.32. The molecule has 0 bridgehead atoms. The van der Waals surface area contributed by atoms with E-state index in [2.05, 4.69) is 11.4 Å². The average Bonchev–Trinajstić information content (AvgIpc) is 2.72. The minimum absolute atomic E-state index is 0.0960. The summed E-state index contributed by atoms with van der Waals surface area (Å²) in [6.45, 7) is 3.95. The number of rotatable bonds is 5. The van der Waals surface area contributed by atoms with E-state index in [0.29, 0.717) is 36.8 Å². The number of fused-ring (bicyclic) bond motifs is 2. The number of amides is 1. The van der Waals surface area contributed by atoms with Crippen molar-refractivity contribution in [2.75, 3.05) is 26.4 Å². The second kappa shape index (κ2) is 7.74. The van der Waals surface area contributed by atoms with E-state index in [1.807, 2.05) is 49.4 Å². The number of ether oxygens (including phenoxy) is 3. The second-order valence-corrected chi connectivity index (χ2v) is 6.76. The highest BCUT2D eigenvalue weighted by Gasteiger charge is 2.23. The Labute approximate surface area is 158 Å². The first-order valence-corrected chi connectivity index (χ1v) is 9.32. The van der Waals surface area contributed by atoms with Gasteiger partial charge in [0.1, 0.15) is 12.4 Å². The topological polar surface area (TPSA) is 56.8 Å². The summed E-state index contributed by atoms with van der Waals surface area (Å²) in [6.07, 6.45) is 2.79. The highest BCUT2D eigenvalue weighted by Crippen LogP contribution is 2.35. The maximum absolute atomic E-state index is 12.6. The van der Waals surface area contributed by atoms with Crippen molar-refractivity contribution in [2.45, 2.75) is 13.3 Å². The lowest BCUT2D eigenvalue weighted by Gasteiger charge is -2.26. The molecule has 2 heterocycles. The zero-order valence-corrected chi connectivity index (χ0v) is 15.4. The van der Waals surface area contributed by atoms with Gasteiger partial charge in [-0.05, 0) is 37.1 Å². The zero-order valence-electron chi connectivity index (χ0n) is 15.4. The first-order chi connectivity index (χ1) is 13.2. The molecule has 2 aromatic rings. The van der Waals surface area contributed by atoms with Gasteiger partial charge in [0.05, 0.1) is 18.8 Å². The van der Waals surface area contributed by atoms with Crippen molar-refractivity contribution in [2.24, 2.45) is 5.92 Å². The molecule has 0 radical (unpaired) electrons. The van der Waals surface area contributed by atoms with E-state index in [4.69, 9.17) is 14.2 Å². The SMILES string of the molecule is CCOc1cccc2c1OCC(C(=O)NCC1COc3ccccc3C1)=C2. The standard InChI is InChI=1S/C22H23NO4/c1-2-25-20-9-5-7-17-11-18(14-27-21(17)20)22(24)23-12-15-10-16-6-3-4-8-19(16)26-13-15/h3-9,11,15H,2,10,12-14H2,1H3,(H,23,24). The molecular formula is C22H23NO4. The monoisotopic (exact) mass is 365 g/mol. The summed E-state index contributed by atoms with van der Waals surface area (Å²) in [5, 5.41) is 3.03. The van der Waals surface area contributed by atoms with Crippen LogP contribution in [0.2, 0.25) is 0 Å². The molecule has 0 aromatic heterocycles. The van der Waals surface area contributed by atoms with Crippen LogP contribution in [0.3, 0.4) is 0 Å². The number of hydrogen-bond donors (Lipinski definition) is 1. The molecule has 27 heavy (non-hydrogen) atoms. The molecule has 5 heteroatoms. The van der Waals surface area contributed by atoms with Gasteiger partial charge in [-0.1, -0.05) is 30.3 Å². The predicted molar refractivity (Wildman–Crippen MR) is 103 cm³/mol. The van der Waals surface area contributed by atoms with Crippen LogP contribution < -0.4 is 19.5 Å². The molecular weight excluding hydrogens is 342 g/mol. The van der Waals surface area contributed by atoms with Gasteiger partial charge in [-0.25, -0.2) is 0 Å². The number of carbonyl (C=O) groups is 1. The lowest BCUT2D eigenvalue weighted by atomic mass is 9.96. The minimum atomic E-state index is -0.0960. The lowest BCUT2D eigenvalue weighted by molar-refractivity contribution is -0.118. The highest BCUT2D eigenvalue weighted by molar-refractivity contribution is 5.99. The van der Waals surface area contributed by atoms with Crippen molar-refractivity contribution in [1.29, 1.82) is 0 Å². The molecule has 0 fully saturated rings. The van der Waals surface area contributed by atoms with Gasteiger partial charge in [-0.15, -0.1) is 0 Å². The Morgan fingerprint density at radius 1 is 1.19 bits per heavy atom. The lowest BCUT2D eigenvalue weighted by Crippen LogP contribution is -2.36. The third-order valence-electron chi connectivity index (χ3n) is 4.81. The first kappa shape index (κ1) is 17.5. The van der Waals surface area contributed by atoms with E-state index in [1.54, 1.807) is 0 Å². The molecule has 1 unspecified atom stereocenters. The normalized spacial score (nSPS) is 17.5. The molecule has 0 aliphatic carbocycles. The Kier molecular flexibility index (Phi) is 5.01. The van der Waals surface area contributed by atoms with E-state index in [0.717, 1.165) is 17.7 Å². The summed E-state index contributed by atoms with van der Waals surface area (Å²) in [7, 11) is 0. The van der Waals surface area contributed by atoms with Crippen molar-refractivity contribution in [3.05, 3.63) is 59.2 Å². The van der Waals surface area contributed by atoms with Crippen LogP contribution in [0.25, 0.3) is 6.08 Å². The molecule has 2 aromatic carbocycles. The van der Waals surface area contributed by atoms with E-state index >= 15 is 0 Å². The quantitative estimate of drug-likeness (QED) is 0.884. The van der Waals surface area contributed by atoms with Gasteiger partial charge >= 0.3 is 0 Å². The Bertz CT molecular complexity index is 874. The van der Waals surface area contributed by atoms with Crippen LogP contribution in [0, 0.1) is 5.92 Å². The van der Waals surface area contributed by atoms with E-state index < -0.39 is 0 Å². The number of carbonyl (C=O) groups excluding carboxylic acids is 1. The zero-order chi connectivity index (χ0) is 18.6.